The Hall–Kier alpha value is -4.42. The predicted octanol–water partition coefficient (Wildman–Crippen LogP) is 9.22. The van der Waals surface area contributed by atoms with Gasteiger partial charge in [-0.25, -0.2) is 0 Å². The molecule has 6 aromatic rings. The minimum absolute atomic E-state index is 0.729. The maximum absolute atomic E-state index is 8.41. The first-order chi connectivity index (χ1) is 20.2. The van der Waals surface area contributed by atoms with Gasteiger partial charge in [0, 0.05) is 0 Å². The van der Waals surface area contributed by atoms with E-state index in [9.17, 15) is 0 Å². The van der Waals surface area contributed by atoms with Crippen molar-refractivity contribution in [1.29, 1.82) is 0 Å². The monoisotopic (exact) mass is 568 g/mol. The molecular weight excluding hydrogens is 539 g/mol. The quantitative estimate of drug-likeness (QED) is 0.101. The number of benzene rings is 6. The zero-order chi connectivity index (χ0) is 28.0. The van der Waals surface area contributed by atoms with Gasteiger partial charge in [0.15, 0.2) is 0 Å². The fourth-order valence-corrected chi connectivity index (χ4v) is 10.4. The standard InChI is InChI=1S/C38H30ClOP/c39-41(34-25-13-4-14-26-34,35-27-15-5-16-28-35,36-29-17-6-18-30-36)40-38(33-23-11-3-12-24-33)37(31-19-7-1-8-20-31)32-21-9-2-10-22-32/h1-30H. The van der Waals surface area contributed by atoms with Crippen LogP contribution in [0.25, 0.3) is 11.3 Å². The molecule has 0 saturated heterocycles. The fraction of sp³-hybridized carbons (Fsp3) is 0. The predicted molar refractivity (Wildman–Crippen MR) is 177 cm³/mol. The first-order valence-corrected chi connectivity index (χ1v) is 16.7. The van der Waals surface area contributed by atoms with E-state index in [1.54, 1.807) is 0 Å². The maximum atomic E-state index is 8.41. The summed E-state index contributed by atoms with van der Waals surface area (Å²) in [5, 5.41) is 2.81. The van der Waals surface area contributed by atoms with Crippen molar-refractivity contribution < 1.29 is 4.52 Å². The number of hydrogen-bond donors (Lipinski definition) is 0. The third-order valence-corrected chi connectivity index (χ3v) is 13.5. The van der Waals surface area contributed by atoms with Gasteiger partial charge in [0.2, 0.25) is 0 Å². The van der Waals surface area contributed by atoms with E-state index >= 15 is 0 Å². The molecule has 0 atom stereocenters. The van der Waals surface area contributed by atoms with Gasteiger partial charge in [-0.15, -0.1) is 0 Å². The van der Waals surface area contributed by atoms with Crippen LogP contribution in [-0.4, -0.2) is 0 Å². The van der Waals surface area contributed by atoms with E-state index in [2.05, 4.69) is 97.1 Å². The van der Waals surface area contributed by atoms with Crippen LogP contribution in [-0.2, 0) is 4.52 Å². The summed E-state index contributed by atoms with van der Waals surface area (Å²) in [7, 11) is 0. The normalized spacial score (nSPS) is 12.1. The van der Waals surface area contributed by atoms with Crippen molar-refractivity contribution in [1.82, 2.24) is 0 Å². The topological polar surface area (TPSA) is 9.23 Å². The summed E-state index contributed by atoms with van der Waals surface area (Å²) >= 11 is 8.41. The molecule has 0 aromatic heterocycles. The fourth-order valence-electron chi connectivity index (χ4n) is 5.33. The van der Waals surface area contributed by atoms with Crippen molar-refractivity contribution in [2.24, 2.45) is 0 Å². The van der Waals surface area contributed by atoms with Crippen LogP contribution >= 0.6 is 17.4 Å². The summed E-state index contributed by atoms with van der Waals surface area (Å²) in [6, 6.07) is 62.0. The van der Waals surface area contributed by atoms with Gasteiger partial charge in [0.05, 0.1) is 0 Å². The first kappa shape index (κ1) is 26.8. The molecule has 6 aromatic carbocycles. The van der Waals surface area contributed by atoms with Crippen molar-refractivity contribution in [3.63, 3.8) is 0 Å². The molecular formula is C38H30ClOP. The van der Waals surface area contributed by atoms with Gasteiger partial charge in [0.25, 0.3) is 0 Å². The Morgan fingerprint density at radius 3 is 0.951 bits per heavy atom. The molecule has 6 rings (SSSR count). The van der Waals surface area contributed by atoms with E-state index in [0.717, 1.165) is 43.9 Å². The van der Waals surface area contributed by atoms with Crippen molar-refractivity contribution in [3.05, 3.63) is 199 Å². The van der Waals surface area contributed by atoms with Crippen molar-refractivity contribution in [2.75, 3.05) is 0 Å². The van der Waals surface area contributed by atoms with E-state index in [1.165, 1.54) is 0 Å². The summed E-state index contributed by atoms with van der Waals surface area (Å²) < 4.78 is 7.72. The van der Waals surface area contributed by atoms with Gasteiger partial charge in [-0.1, -0.05) is 0 Å². The SMILES string of the molecule is ClP(OC(=C(c1ccccc1)c1ccccc1)c1ccccc1)(c1ccccc1)(c1ccccc1)c1ccccc1. The summed E-state index contributed by atoms with van der Waals surface area (Å²) in [6.07, 6.45) is -4.12. The molecule has 1 nitrogen and oxygen atoms in total. The van der Waals surface area contributed by atoms with Crippen LogP contribution in [0.2, 0.25) is 0 Å². The Kier molecular flexibility index (Phi) is 7.57. The molecule has 41 heavy (non-hydrogen) atoms. The van der Waals surface area contributed by atoms with Crippen LogP contribution in [0.1, 0.15) is 16.7 Å². The van der Waals surface area contributed by atoms with E-state index in [0.29, 0.717) is 0 Å². The van der Waals surface area contributed by atoms with Gasteiger partial charge < -0.3 is 0 Å². The Labute approximate surface area is 247 Å². The zero-order valence-corrected chi connectivity index (χ0v) is 24.2. The molecule has 0 aliphatic carbocycles. The number of hydrogen-bond acceptors (Lipinski definition) is 1. The second kappa shape index (κ2) is 11.6. The average Bonchev–Trinajstić information content (AvgIpc) is 3.07. The minimum atomic E-state index is -4.12. The summed E-state index contributed by atoms with van der Waals surface area (Å²) in [5.41, 5.74) is 4.03. The molecule has 0 fully saturated rings. The number of rotatable bonds is 8. The van der Waals surface area contributed by atoms with Crippen LogP contribution in [0.4, 0.5) is 0 Å². The Bertz CT molecular complexity index is 1600. The molecule has 0 saturated carbocycles. The van der Waals surface area contributed by atoms with E-state index < -0.39 is 6.18 Å². The molecule has 0 bridgehead atoms. The second-order valence-corrected chi connectivity index (χ2v) is 15.4. The van der Waals surface area contributed by atoms with E-state index in [-0.39, 0.29) is 0 Å². The molecule has 0 aliphatic heterocycles. The average molecular weight is 569 g/mol. The molecule has 3 heteroatoms. The van der Waals surface area contributed by atoms with Crippen LogP contribution in [0, 0.1) is 0 Å². The van der Waals surface area contributed by atoms with E-state index in [4.69, 9.17) is 15.8 Å². The molecule has 0 heterocycles. The first-order valence-electron chi connectivity index (χ1n) is 13.7. The summed E-state index contributed by atoms with van der Waals surface area (Å²) in [5.74, 6) is 0.729. The molecule has 0 radical (unpaired) electrons. The van der Waals surface area contributed by atoms with Crippen LogP contribution in [0.15, 0.2) is 182 Å². The Balaban J connectivity index is 1.78. The van der Waals surface area contributed by atoms with Gasteiger partial charge in [-0.3, -0.25) is 0 Å². The number of halogens is 1. The van der Waals surface area contributed by atoms with Gasteiger partial charge in [0.1, 0.15) is 0 Å². The van der Waals surface area contributed by atoms with Crippen molar-refractivity contribution >= 4 is 44.7 Å². The van der Waals surface area contributed by atoms with Crippen molar-refractivity contribution in [3.8, 4) is 0 Å². The van der Waals surface area contributed by atoms with Crippen LogP contribution < -0.4 is 15.9 Å². The third kappa shape index (κ3) is 5.00. The second-order valence-electron chi connectivity index (χ2n) is 9.83. The summed E-state index contributed by atoms with van der Waals surface area (Å²) in [6.45, 7) is 0. The van der Waals surface area contributed by atoms with Gasteiger partial charge in [-0.2, -0.15) is 0 Å². The van der Waals surface area contributed by atoms with E-state index in [1.807, 2.05) is 84.9 Å². The molecule has 200 valence electrons. The van der Waals surface area contributed by atoms with Crippen LogP contribution in [0.5, 0.6) is 0 Å². The molecule has 0 amide bonds. The molecule has 0 unspecified atom stereocenters. The molecule has 0 aliphatic rings. The zero-order valence-electron chi connectivity index (χ0n) is 22.6. The van der Waals surface area contributed by atoms with Crippen LogP contribution in [0.3, 0.4) is 0 Å². The molecule has 0 spiro atoms. The Morgan fingerprint density at radius 1 is 0.366 bits per heavy atom. The molecule has 0 N–H and O–H groups in total. The summed E-state index contributed by atoms with van der Waals surface area (Å²) in [4.78, 5) is 0. The Morgan fingerprint density at radius 2 is 0.634 bits per heavy atom. The third-order valence-electron chi connectivity index (χ3n) is 7.30. The van der Waals surface area contributed by atoms with Gasteiger partial charge in [-0.05, 0) is 0 Å². The van der Waals surface area contributed by atoms with Gasteiger partial charge >= 0.3 is 248 Å². The van der Waals surface area contributed by atoms with Crippen molar-refractivity contribution in [2.45, 2.75) is 0 Å².